The molecule has 2 fully saturated rings. The van der Waals surface area contributed by atoms with Crippen molar-refractivity contribution in [2.45, 2.75) is 55.4 Å². The summed E-state index contributed by atoms with van der Waals surface area (Å²) in [5.74, 6) is -1.82. The van der Waals surface area contributed by atoms with Crippen LogP contribution in [0.5, 0.6) is 0 Å². The van der Waals surface area contributed by atoms with Crippen LogP contribution in [0.1, 0.15) is 55.5 Å². The van der Waals surface area contributed by atoms with Crippen molar-refractivity contribution >= 4 is 27.3 Å². The smallest absolute Gasteiger partial charge is 0.237 e. The van der Waals surface area contributed by atoms with Crippen LogP contribution in [0.15, 0.2) is 35.5 Å². The molecule has 1 aromatic heterocycles. The molecule has 1 saturated carbocycles. The fraction of sp³-hybridized carbons (Fsp3) is 0.478. The van der Waals surface area contributed by atoms with E-state index in [0.29, 0.717) is 18.5 Å². The summed E-state index contributed by atoms with van der Waals surface area (Å²) in [5.41, 5.74) is 0.415. The molecule has 4 rings (SSSR count). The SMILES string of the molecule is CS(=O)(=O)c1ccc(C(O)N2CCCC[C@@H]2C(=O)N[C@@H](c2cc(F)c(Cl)cc2F)C2CC2)cn1. The number of nitrogens with one attached hydrogen (secondary N) is 1. The van der Waals surface area contributed by atoms with Crippen LogP contribution >= 0.6 is 11.6 Å². The van der Waals surface area contributed by atoms with Crippen molar-refractivity contribution in [1.82, 2.24) is 15.2 Å². The minimum Gasteiger partial charge on any atom is -0.374 e. The van der Waals surface area contributed by atoms with Gasteiger partial charge in [0.05, 0.1) is 17.1 Å². The number of carbonyl (C=O) groups is 1. The molecule has 2 heterocycles. The van der Waals surface area contributed by atoms with Crippen molar-refractivity contribution in [1.29, 1.82) is 0 Å². The van der Waals surface area contributed by atoms with Gasteiger partial charge in [-0.05, 0) is 49.8 Å². The van der Waals surface area contributed by atoms with E-state index >= 15 is 0 Å². The lowest BCUT2D eigenvalue weighted by atomic mass is 9.97. The summed E-state index contributed by atoms with van der Waals surface area (Å²) in [6.07, 6.45) is 4.72. The molecule has 1 amide bonds. The molecule has 7 nitrogen and oxygen atoms in total. The normalized spacial score (nSPS) is 21.1. The molecule has 184 valence electrons. The minimum atomic E-state index is -3.48. The number of nitrogens with zero attached hydrogens (tertiary/aromatic N) is 2. The third kappa shape index (κ3) is 5.40. The number of aromatic nitrogens is 1. The van der Waals surface area contributed by atoms with E-state index in [2.05, 4.69) is 10.3 Å². The molecule has 34 heavy (non-hydrogen) atoms. The second-order valence-electron chi connectivity index (χ2n) is 8.94. The summed E-state index contributed by atoms with van der Waals surface area (Å²) >= 11 is 5.68. The lowest BCUT2D eigenvalue weighted by Crippen LogP contribution is -2.51. The van der Waals surface area contributed by atoms with Crippen LogP contribution in [-0.4, -0.2) is 48.2 Å². The predicted molar refractivity (Wildman–Crippen MR) is 122 cm³/mol. The Balaban J connectivity index is 1.54. The number of benzene rings is 1. The molecule has 1 saturated heterocycles. The van der Waals surface area contributed by atoms with Crippen molar-refractivity contribution in [3.8, 4) is 0 Å². The first-order chi connectivity index (χ1) is 16.1. The zero-order chi connectivity index (χ0) is 24.6. The number of hydrogen-bond donors (Lipinski definition) is 2. The largest absolute Gasteiger partial charge is 0.374 e. The molecule has 2 N–H and O–H groups in total. The van der Waals surface area contributed by atoms with Gasteiger partial charge in [-0.1, -0.05) is 24.1 Å². The molecular weight excluding hydrogens is 488 g/mol. The Morgan fingerprint density at radius 2 is 1.94 bits per heavy atom. The average Bonchev–Trinajstić information content (AvgIpc) is 3.64. The van der Waals surface area contributed by atoms with Gasteiger partial charge >= 0.3 is 0 Å². The predicted octanol–water partition coefficient (Wildman–Crippen LogP) is 3.53. The summed E-state index contributed by atoms with van der Waals surface area (Å²) < 4.78 is 52.0. The topological polar surface area (TPSA) is 99.6 Å². The van der Waals surface area contributed by atoms with Crippen LogP contribution in [0, 0.1) is 17.6 Å². The number of rotatable bonds is 7. The molecule has 2 aromatic rings. The molecular formula is C23H26ClF2N3O4S. The first-order valence-corrected chi connectivity index (χ1v) is 13.4. The highest BCUT2D eigenvalue weighted by molar-refractivity contribution is 7.90. The fourth-order valence-electron chi connectivity index (χ4n) is 4.39. The van der Waals surface area contributed by atoms with Crippen LogP contribution in [0.3, 0.4) is 0 Å². The van der Waals surface area contributed by atoms with Gasteiger partial charge in [0.15, 0.2) is 14.9 Å². The number of aliphatic hydroxyl groups is 1. The number of carbonyl (C=O) groups excluding carboxylic acids is 1. The lowest BCUT2D eigenvalue weighted by molar-refractivity contribution is -0.135. The van der Waals surface area contributed by atoms with E-state index in [9.17, 15) is 27.1 Å². The van der Waals surface area contributed by atoms with Crippen molar-refractivity contribution < 1.29 is 27.1 Å². The van der Waals surface area contributed by atoms with Crippen LogP contribution in [0.4, 0.5) is 8.78 Å². The van der Waals surface area contributed by atoms with E-state index < -0.39 is 39.8 Å². The summed E-state index contributed by atoms with van der Waals surface area (Å²) in [6.45, 7) is 0.436. The van der Waals surface area contributed by atoms with Gasteiger partial charge in [0.1, 0.15) is 17.9 Å². The molecule has 0 radical (unpaired) electrons. The second kappa shape index (κ2) is 9.85. The molecule has 0 spiro atoms. The monoisotopic (exact) mass is 513 g/mol. The number of amides is 1. The van der Waals surface area contributed by atoms with Crippen LogP contribution in [0.2, 0.25) is 5.02 Å². The van der Waals surface area contributed by atoms with Crippen LogP contribution in [0.25, 0.3) is 0 Å². The lowest BCUT2D eigenvalue weighted by Gasteiger charge is -2.38. The molecule has 1 aromatic carbocycles. The van der Waals surface area contributed by atoms with E-state index in [0.717, 1.165) is 44.1 Å². The quantitative estimate of drug-likeness (QED) is 0.549. The van der Waals surface area contributed by atoms with Gasteiger partial charge in [0, 0.05) is 30.1 Å². The van der Waals surface area contributed by atoms with Gasteiger partial charge in [0.25, 0.3) is 0 Å². The maximum atomic E-state index is 14.6. The van der Waals surface area contributed by atoms with E-state index in [1.165, 1.54) is 18.3 Å². The van der Waals surface area contributed by atoms with Gasteiger partial charge < -0.3 is 10.4 Å². The first kappa shape index (κ1) is 25.0. The van der Waals surface area contributed by atoms with Gasteiger partial charge in [-0.25, -0.2) is 22.2 Å². The maximum absolute atomic E-state index is 14.6. The summed E-state index contributed by atoms with van der Waals surface area (Å²) in [5, 5.41) is 13.4. The zero-order valence-corrected chi connectivity index (χ0v) is 20.1. The highest BCUT2D eigenvalue weighted by atomic mass is 35.5. The van der Waals surface area contributed by atoms with Crippen molar-refractivity contribution in [2.24, 2.45) is 5.92 Å². The highest BCUT2D eigenvalue weighted by Gasteiger charge is 2.39. The number of aliphatic hydroxyl groups excluding tert-OH is 1. The molecule has 1 unspecified atom stereocenters. The van der Waals surface area contributed by atoms with Crippen molar-refractivity contribution in [2.75, 3.05) is 12.8 Å². The summed E-state index contributed by atoms with van der Waals surface area (Å²) in [6, 6.07) is 3.33. The van der Waals surface area contributed by atoms with Crippen molar-refractivity contribution in [3.63, 3.8) is 0 Å². The number of hydrogen-bond acceptors (Lipinski definition) is 6. The van der Waals surface area contributed by atoms with Gasteiger partial charge in [-0.15, -0.1) is 0 Å². The number of sulfone groups is 1. The van der Waals surface area contributed by atoms with E-state index in [1.807, 2.05) is 0 Å². The zero-order valence-electron chi connectivity index (χ0n) is 18.5. The Morgan fingerprint density at radius 1 is 1.21 bits per heavy atom. The molecule has 0 bridgehead atoms. The molecule has 1 aliphatic heterocycles. The number of halogens is 3. The molecule has 3 atom stereocenters. The number of likely N-dealkylation sites (tertiary alicyclic amines) is 1. The number of pyridine rings is 1. The minimum absolute atomic E-state index is 0.00581. The van der Waals surface area contributed by atoms with Gasteiger partial charge in [-0.3, -0.25) is 9.69 Å². The van der Waals surface area contributed by atoms with Gasteiger partial charge in [0.2, 0.25) is 5.91 Å². The molecule has 2 aliphatic rings. The summed E-state index contributed by atoms with van der Waals surface area (Å²) in [4.78, 5) is 18.8. The first-order valence-electron chi connectivity index (χ1n) is 11.1. The molecule has 11 heteroatoms. The van der Waals surface area contributed by atoms with Crippen LogP contribution in [-0.2, 0) is 14.6 Å². The van der Waals surface area contributed by atoms with Crippen LogP contribution < -0.4 is 5.32 Å². The molecule has 1 aliphatic carbocycles. The number of piperidine rings is 1. The Hall–Kier alpha value is -2.14. The third-order valence-corrected chi connectivity index (χ3v) is 7.66. The third-order valence-electron chi connectivity index (χ3n) is 6.36. The Labute approximate surface area is 202 Å². The highest BCUT2D eigenvalue weighted by Crippen LogP contribution is 2.42. The van der Waals surface area contributed by atoms with E-state index in [1.54, 1.807) is 4.90 Å². The van der Waals surface area contributed by atoms with Crippen molar-refractivity contribution in [3.05, 3.63) is 58.2 Å². The maximum Gasteiger partial charge on any atom is 0.237 e. The Bertz CT molecular complexity index is 1180. The Morgan fingerprint density at radius 3 is 2.56 bits per heavy atom. The standard InChI is InChI=1S/C23H26ClF2N3O4S/c1-34(32,33)20-8-7-14(12-27-20)23(31)29-9-3-2-4-19(29)22(30)28-21(13-5-6-13)15-10-18(26)16(24)11-17(15)25/h7-8,10-13,19,21,23,31H,2-6,9H2,1H3,(H,28,30)/t19-,21-,23?/m1/s1. The van der Waals surface area contributed by atoms with E-state index in [-0.39, 0.29) is 27.4 Å². The van der Waals surface area contributed by atoms with Gasteiger partial charge in [-0.2, -0.15) is 0 Å². The Kier molecular flexibility index (Phi) is 7.23. The average molecular weight is 514 g/mol. The fourth-order valence-corrected chi connectivity index (χ4v) is 5.10. The van der Waals surface area contributed by atoms with E-state index in [4.69, 9.17) is 11.6 Å². The second-order valence-corrected chi connectivity index (χ2v) is 11.3. The summed E-state index contributed by atoms with van der Waals surface area (Å²) in [7, 11) is -3.48.